The fraction of sp³-hybridized carbons (Fsp3) is 0.0400. The molecule has 0 spiro atoms. The van der Waals surface area contributed by atoms with E-state index in [-0.39, 0.29) is 5.84 Å². The van der Waals surface area contributed by atoms with Crippen LogP contribution in [0.2, 0.25) is 0 Å². The lowest BCUT2D eigenvalue weighted by molar-refractivity contribution is 0.483. The van der Waals surface area contributed by atoms with Crippen LogP contribution in [0.5, 0.6) is 11.5 Å². The lowest BCUT2D eigenvalue weighted by atomic mass is 10.2. The Bertz CT molecular complexity index is 1630. The van der Waals surface area contributed by atoms with Crippen molar-refractivity contribution in [2.24, 2.45) is 5.73 Å². The number of hydrogen-bond donors (Lipinski definition) is 4. The van der Waals surface area contributed by atoms with E-state index in [9.17, 15) is 0 Å². The van der Waals surface area contributed by atoms with E-state index in [0.29, 0.717) is 17.7 Å². The molecule has 0 saturated heterocycles. The topological polar surface area (TPSA) is 134 Å². The molecule has 5 N–H and O–H groups in total. The van der Waals surface area contributed by atoms with Crippen molar-refractivity contribution in [1.29, 1.82) is 5.41 Å². The van der Waals surface area contributed by atoms with E-state index in [1.165, 1.54) is 0 Å². The number of imidazole rings is 3. The number of amidine groups is 1. The molecule has 6 aromatic rings. The zero-order valence-electron chi connectivity index (χ0n) is 18.0. The van der Waals surface area contributed by atoms with Gasteiger partial charge in [-0.1, -0.05) is 0 Å². The lowest BCUT2D eigenvalue weighted by Crippen LogP contribution is -2.10. The molecule has 0 unspecified atom stereocenters. The van der Waals surface area contributed by atoms with Crippen LogP contribution in [0.1, 0.15) is 17.2 Å². The highest BCUT2D eigenvalue weighted by Gasteiger charge is 2.10. The lowest BCUT2D eigenvalue weighted by Gasteiger charge is -2.07. The summed E-state index contributed by atoms with van der Waals surface area (Å²) in [5.41, 5.74) is 10.7. The number of nitrogen functional groups attached to an aromatic ring is 1. The van der Waals surface area contributed by atoms with Crippen LogP contribution in [0.4, 0.5) is 0 Å². The number of fused-ring (bicyclic) bond motifs is 2. The molecule has 34 heavy (non-hydrogen) atoms. The van der Waals surface area contributed by atoms with Gasteiger partial charge < -0.3 is 25.0 Å². The number of hydrogen-bond acceptors (Lipinski definition) is 5. The Morgan fingerprint density at radius 3 is 2.24 bits per heavy atom. The van der Waals surface area contributed by atoms with Crippen molar-refractivity contribution in [3.63, 3.8) is 0 Å². The maximum absolute atomic E-state index is 7.60. The van der Waals surface area contributed by atoms with Gasteiger partial charge in [-0.05, 0) is 54.6 Å². The number of ether oxygens (including phenoxy) is 1. The van der Waals surface area contributed by atoms with Crippen LogP contribution in [-0.4, -0.2) is 35.3 Å². The Hall–Kier alpha value is -4.92. The molecule has 3 heterocycles. The second-order valence-corrected chi connectivity index (χ2v) is 7.93. The molecule has 9 heteroatoms. The molecule has 0 aliphatic carbocycles. The summed E-state index contributed by atoms with van der Waals surface area (Å²) in [6.45, 7) is 0. The maximum Gasteiger partial charge on any atom is 0.129 e. The van der Waals surface area contributed by atoms with Crippen LogP contribution in [0.25, 0.3) is 27.8 Å². The zero-order chi connectivity index (χ0) is 23.1. The third kappa shape index (κ3) is 3.75. The number of H-pyrrole nitrogens is 2. The predicted octanol–water partition coefficient (Wildman–Crippen LogP) is 4.29. The molecule has 0 aliphatic heterocycles. The van der Waals surface area contributed by atoms with Crippen LogP contribution in [0, 0.1) is 5.41 Å². The summed E-state index contributed by atoms with van der Waals surface area (Å²) in [5.74, 6) is 3.05. The summed E-state index contributed by atoms with van der Waals surface area (Å²) < 4.78 is 7.97. The van der Waals surface area contributed by atoms with Crippen molar-refractivity contribution >= 4 is 27.9 Å². The minimum absolute atomic E-state index is 0.0240. The summed E-state index contributed by atoms with van der Waals surface area (Å²) >= 11 is 0. The molecule has 0 amide bonds. The summed E-state index contributed by atoms with van der Waals surface area (Å²) in [6.07, 6.45) is 5.92. The SMILES string of the molecule is N=C(N)c1ccc2[nH]c(Cc3nc4cc(Oc5ccc(-n6ccnc6)cc5)ccc4[nH]3)nc2c1. The number of nitrogens with zero attached hydrogens (tertiary/aromatic N) is 4. The van der Waals surface area contributed by atoms with Crippen molar-refractivity contribution in [2.75, 3.05) is 0 Å². The molecule has 166 valence electrons. The van der Waals surface area contributed by atoms with E-state index >= 15 is 0 Å². The summed E-state index contributed by atoms with van der Waals surface area (Å²) in [5, 5.41) is 7.60. The Morgan fingerprint density at radius 2 is 1.56 bits per heavy atom. The molecule has 3 aromatic heterocycles. The first-order chi connectivity index (χ1) is 16.6. The van der Waals surface area contributed by atoms with E-state index in [2.05, 4.69) is 19.9 Å². The highest BCUT2D eigenvalue weighted by molar-refractivity contribution is 5.97. The van der Waals surface area contributed by atoms with E-state index in [4.69, 9.17) is 20.9 Å². The second-order valence-electron chi connectivity index (χ2n) is 7.93. The number of nitrogens with two attached hydrogens (primary N) is 1. The van der Waals surface area contributed by atoms with Gasteiger partial charge in [-0.25, -0.2) is 15.0 Å². The average molecular weight is 448 g/mol. The first-order valence-corrected chi connectivity index (χ1v) is 10.7. The van der Waals surface area contributed by atoms with Crippen molar-refractivity contribution in [3.05, 3.63) is 96.6 Å². The third-order valence-corrected chi connectivity index (χ3v) is 5.56. The highest BCUT2D eigenvalue weighted by atomic mass is 16.5. The van der Waals surface area contributed by atoms with Gasteiger partial charge >= 0.3 is 0 Å². The first-order valence-electron chi connectivity index (χ1n) is 10.7. The van der Waals surface area contributed by atoms with Crippen LogP contribution in [-0.2, 0) is 6.42 Å². The van der Waals surface area contributed by atoms with Gasteiger partial charge in [0, 0.05) is 29.7 Å². The first kappa shape index (κ1) is 19.7. The highest BCUT2D eigenvalue weighted by Crippen LogP contribution is 2.26. The van der Waals surface area contributed by atoms with Gasteiger partial charge in [-0.3, -0.25) is 5.41 Å². The Labute approximate surface area is 193 Å². The van der Waals surface area contributed by atoms with Crippen molar-refractivity contribution in [3.8, 4) is 17.2 Å². The van der Waals surface area contributed by atoms with E-state index in [1.54, 1.807) is 18.6 Å². The molecular formula is C25H20N8O. The van der Waals surface area contributed by atoms with Gasteiger partial charge in [0.25, 0.3) is 0 Å². The van der Waals surface area contributed by atoms with Crippen LogP contribution in [0.3, 0.4) is 0 Å². The summed E-state index contributed by atoms with van der Waals surface area (Å²) in [6, 6.07) is 19.1. The molecule has 9 nitrogen and oxygen atoms in total. The van der Waals surface area contributed by atoms with Crippen molar-refractivity contribution < 1.29 is 4.74 Å². The number of rotatable bonds is 6. The fourth-order valence-corrected chi connectivity index (χ4v) is 3.89. The number of nitrogens with one attached hydrogen (secondary N) is 3. The van der Waals surface area contributed by atoms with Crippen LogP contribution in [0.15, 0.2) is 79.4 Å². The smallest absolute Gasteiger partial charge is 0.129 e. The van der Waals surface area contributed by atoms with Gasteiger partial charge in [0.05, 0.1) is 34.8 Å². The third-order valence-electron chi connectivity index (χ3n) is 5.56. The fourth-order valence-electron chi connectivity index (χ4n) is 3.89. The Kier molecular flexibility index (Phi) is 4.58. The van der Waals surface area contributed by atoms with Gasteiger partial charge in [0.2, 0.25) is 0 Å². The van der Waals surface area contributed by atoms with Gasteiger partial charge in [0.1, 0.15) is 29.0 Å². The van der Waals surface area contributed by atoms with E-state index in [1.807, 2.05) is 65.4 Å². The van der Waals surface area contributed by atoms with Gasteiger partial charge in [-0.2, -0.15) is 0 Å². The maximum atomic E-state index is 7.60. The summed E-state index contributed by atoms with van der Waals surface area (Å²) in [7, 11) is 0. The largest absolute Gasteiger partial charge is 0.457 e. The van der Waals surface area contributed by atoms with Crippen molar-refractivity contribution in [2.45, 2.75) is 6.42 Å². The predicted molar refractivity (Wildman–Crippen MR) is 130 cm³/mol. The van der Waals surface area contributed by atoms with Gasteiger partial charge in [-0.15, -0.1) is 0 Å². The molecule has 0 radical (unpaired) electrons. The van der Waals surface area contributed by atoms with Crippen LogP contribution >= 0.6 is 0 Å². The minimum atomic E-state index is 0.0240. The molecule has 0 aliphatic rings. The van der Waals surface area contributed by atoms with Crippen molar-refractivity contribution in [1.82, 2.24) is 29.5 Å². The second kappa shape index (κ2) is 7.89. The Balaban J connectivity index is 1.20. The zero-order valence-corrected chi connectivity index (χ0v) is 18.0. The molecule has 0 fully saturated rings. The molecule has 3 aromatic carbocycles. The summed E-state index contributed by atoms with van der Waals surface area (Å²) in [4.78, 5) is 20.0. The number of benzene rings is 3. The average Bonchev–Trinajstić information content (AvgIpc) is 3.58. The number of aromatic amines is 2. The quantitative estimate of drug-likeness (QED) is 0.223. The Morgan fingerprint density at radius 1 is 0.882 bits per heavy atom. The molecule has 0 saturated carbocycles. The minimum Gasteiger partial charge on any atom is -0.457 e. The van der Waals surface area contributed by atoms with Gasteiger partial charge in [0.15, 0.2) is 0 Å². The standard InChI is InChI=1S/C25H20N8O/c26-25(27)15-1-7-19-21(11-15)31-23(29-19)13-24-30-20-8-6-18(12-22(20)32-24)34-17-4-2-16(3-5-17)33-10-9-28-14-33/h1-12,14H,13H2,(H3,26,27)(H,29,31)(H,30,32). The normalized spacial score (nSPS) is 11.3. The molecule has 6 rings (SSSR count). The van der Waals surface area contributed by atoms with E-state index in [0.717, 1.165) is 45.2 Å². The monoisotopic (exact) mass is 448 g/mol. The van der Waals surface area contributed by atoms with Crippen LogP contribution < -0.4 is 10.5 Å². The number of aromatic nitrogens is 6. The molecule has 0 bridgehead atoms. The molecule has 0 atom stereocenters. The molecular weight excluding hydrogens is 428 g/mol. The van der Waals surface area contributed by atoms with E-state index < -0.39 is 0 Å².